The van der Waals surface area contributed by atoms with Crippen molar-refractivity contribution in [2.24, 2.45) is 5.92 Å². The van der Waals surface area contributed by atoms with Gasteiger partial charge in [-0.3, -0.25) is 5.10 Å². The normalized spacial score (nSPS) is 20.5. The number of anilines is 1. The van der Waals surface area contributed by atoms with Crippen molar-refractivity contribution < 1.29 is 4.63 Å². The fourth-order valence-corrected chi connectivity index (χ4v) is 4.14. The number of H-pyrrole nitrogens is 1. The summed E-state index contributed by atoms with van der Waals surface area (Å²) in [5.74, 6) is 1.06. The minimum absolute atomic E-state index is 0.210. The number of aromatic amines is 1. The summed E-state index contributed by atoms with van der Waals surface area (Å²) in [6, 6.07) is 5.79. The van der Waals surface area contributed by atoms with E-state index in [1.807, 2.05) is 18.2 Å². The van der Waals surface area contributed by atoms with Crippen molar-refractivity contribution in [2.75, 3.05) is 5.32 Å². The van der Waals surface area contributed by atoms with Crippen molar-refractivity contribution in [3.05, 3.63) is 58.3 Å². The van der Waals surface area contributed by atoms with E-state index in [1.54, 1.807) is 6.20 Å². The monoisotopic (exact) mass is 332 g/mol. The van der Waals surface area contributed by atoms with Crippen LogP contribution in [0.15, 0.2) is 40.4 Å². The predicted molar refractivity (Wildman–Crippen MR) is 91.4 cm³/mol. The molecule has 0 saturated heterocycles. The second-order valence-corrected chi connectivity index (χ2v) is 6.63. The Hall–Kier alpha value is -3.14. The van der Waals surface area contributed by atoms with Crippen LogP contribution in [0, 0.1) is 12.5 Å². The van der Waals surface area contributed by atoms with E-state index in [1.165, 1.54) is 12.8 Å². The molecule has 1 aliphatic carbocycles. The largest absolute Gasteiger partial charge is 0.354 e. The molecule has 0 spiro atoms. The van der Waals surface area contributed by atoms with Crippen molar-refractivity contribution in [1.82, 2.24) is 20.5 Å². The van der Waals surface area contributed by atoms with Gasteiger partial charge in [0.2, 0.25) is 0 Å². The van der Waals surface area contributed by atoms with E-state index in [0.717, 1.165) is 41.2 Å². The zero-order chi connectivity index (χ0) is 16.8. The number of allylic oxidation sites excluding steroid dienone is 2. The molecule has 2 aromatic heterocycles. The van der Waals surface area contributed by atoms with Gasteiger partial charge in [0.05, 0.1) is 18.7 Å². The van der Waals surface area contributed by atoms with Crippen molar-refractivity contribution >= 4 is 16.9 Å². The van der Waals surface area contributed by atoms with Gasteiger partial charge in [0.15, 0.2) is 5.70 Å². The topological polar surface area (TPSA) is 84.0 Å². The summed E-state index contributed by atoms with van der Waals surface area (Å²) in [4.78, 5) is 3.95. The molecule has 2 N–H and O–H groups in total. The summed E-state index contributed by atoms with van der Waals surface area (Å²) in [6.07, 6.45) is 6.45. The number of benzene rings is 1. The summed E-state index contributed by atoms with van der Waals surface area (Å²) < 4.78 is 4.93. The molecule has 1 aliphatic heterocycles. The minimum atomic E-state index is -0.210. The number of hydrogen-bond donors (Lipinski definition) is 2. The molecule has 7 nitrogen and oxygen atoms in total. The summed E-state index contributed by atoms with van der Waals surface area (Å²) >= 11 is 0. The molecule has 0 amide bonds. The molecule has 0 bridgehead atoms. The molecule has 1 unspecified atom stereocenters. The smallest absolute Gasteiger partial charge is 0.196 e. The first-order chi connectivity index (χ1) is 12.4. The first-order valence-electron chi connectivity index (χ1n) is 8.50. The lowest BCUT2D eigenvalue weighted by atomic mass is 9.83. The maximum absolute atomic E-state index is 7.87. The number of hydrogen-bond acceptors (Lipinski definition) is 5. The number of aromatic nitrogens is 4. The van der Waals surface area contributed by atoms with Gasteiger partial charge in [-0.15, -0.1) is 0 Å². The molecule has 3 heterocycles. The number of nitrogens with one attached hydrogen (secondary N) is 2. The fourth-order valence-electron chi connectivity index (χ4n) is 4.14. The standard InChI is InChI=1S/C18H16N6O/c1-19-17-14(11-7-4-8-13-16(11)24-25-23-13)12-9-20-22-18(12)21-15(17)10-5-2-3-6-10/h4,7-10,14H,2-3,5-6H2,(H2,20,21,22). The SMILES string of the molecule is [C-]#[N+]C1=C(C2CCCC2)Nc2[nH]ncc2C1c1cccc2nonc12. The molecule has 1 aromatic carbocycles. The molecule has 3 aromatic rings. The average molecular weight is 332 g/mol. The number of fused-ring (bicyclic) bond motifs is 2. The maximum atomic E-state index is 7.87. The quantitative estimate of drug-likeness (QED) is 0.697. The van der Waals surface area contributed by atoms with E-state index in [4.69, 9.17) is 11.2 Å². The highest BCUT2D eigenvalue weighted by molar-refractivity contribution is 5.80. The Morgan fingerprint density at radius 1 is 1.16 bits per heavy atom. The van der Waals surface area contributed by atoms with E-state index >= 15 is 0 Å². The number of rotatable bonds is 2. The molecule has 7 heteroatoms. The summed E-state index contributed by atoms with van der Waals surface area (Å²) in [7, 11) is 0. The van der Waals surface area contributed by atoms with Crippen molar-refractivity contribution in [3.63, 3.8) is 0 Å². The van der Waals surface area contributed by atoms with Gasteiger partial charge in [-0.2, -0.15) is 5.10 Å². The average Bonchev–Trinajstić information content (AvgIpc) is 3.40. The highest BCUT2D eigenvalue weighted by Gasteiger charge is 2.36. The Labute approximate surface area is 143 Å². The van der Waals surface area contributed by atoms with Gasteiger partial charge in [0.25, 0.3) is 0 Å². The van der Waals surface area contributed by atoms with E-state index in [-0.39, 0.29) is 5.92 Å². The van der Waals surface area contributed by atoms with Crippen LogP contribution in [0.5, 0.6) is 0 Å². The molecule has 1 atom stereocenters. The maximum Gasteiger partial charge on any atom is 0.196 e. The lowest BCUT2D eigenvalue weighted by Crippen LogP contribution is -2.21. The Balaban J connectivity index is 1.75. The first kappa shape index (κ1) is 14.2. The lowest BCUT2D eigenvalue weighted by Gasteiger charge is -2.29. The highest BCUT2D eigenvalue weighted by atomic mass is 16.6. The Bertz CT molecular complexity index is 1020. The molecule has 0 radical (unpaired) electrons. The number of nitrogens with zero attached hydrogens (tertiary/aromatic N) is 4. The summed E-state index contributed by atoms with van der Waals surface area (Å²) in [6.45, 7) is 7.87. The second kappa shape index (κ2) is 5.45. The van der Waals surface area contributed by atoms with Crippen LogP contribution < -0.4 is 5.32 Å². The van der Waals surface area contributed by atoms with Gasteiger partial charge >= 0.3 is 0 Å². The fraction of sp³-hybridized carbons (Fsp3) is 0.333. The van der Waals surface area contributed by atoms with Crippen LogP contribution in [0.25, 0.3) is 15.9 Å². The van der Waals surface area contributed by atoms with E-state index in [0.29, 0.717) is 17.0 Å². The van der Waals surface area contributed by atoms with Crippen LogP contribution in [-0.4, -0.2) is 20.5 Å². The molecule has 25 heavy (non-hydrogen) atoms. The Morgan fingerprint density at radius 2 is 2.04 bits per heavy atom. The van der Waals surface area contributed by atoms with Crippen LogP contribution in [0.2, 0.25) is 0 Å². The molecule has 2 aliphatic rings. The van der Waals surface area contributed by atoms with Crippen LogP contribution in [0.1, 0.15) is 42.7 Å². The van der Waals surface area contributed by atoms with Crippen LogP contribution in [0.4, 0.5) is 5.82 Å². The second-order valence-electron chi connectivity index (χ2n) is 6.63. The molecule has 5 rings (SSSR count). The molecule has 1 saturated carbocycles. The van der Waals surface area contributed by atoms with Gasteiger partial charge in [0.1, 0.15) is 16.9 Å². The molecule has 1 fully saturated rings. The van der Waals surface area contributed by atoms with Crippen LogP contribution >= 0.6 is 0 Å². The third-order valence-electron chi connectivity index (χ3n) is 5.30. The molecule has 124 valence electrons. The predicted octanol–water partition coefficient (Wildman–Crippen LogP) is 3.82. The van der Waals surface area contributed by atoms with Gasteiger partial charge in [-0.1, -0.05) is 25.0 Å². The molecular formula is C18H16N6O. The van der Waals surface area contributed by atoms with E-state index in [9.17, 15) is 0 Å². The van der Waals surface area contributed by atoms with Crippen molar-refractivity contribution in [2.45, 2.75) is 31.6 Å². The third kappa shape index (κ3) is 2.07. The zero-order valence-corrected chi connectivity index (χ0v) is 13.5. The molecular weight excluding hydrogens is 316 g/mol. The van der Waals surface area contributed by atoms with Crippen molar-refractivity contribution in [3.8, 4) is 0 Å². The van der Waals surface area contributed by atoms with Crippen molar-refractivity contribution in [1.29, 1.82) is 0 Å². The Kier molecular flexibility index (Phi) is 3.10. The third-order valence-corrected chi connectivity index (χ3v) is 5.30. The highest BCUT2D eigenvalue weighted by Crippen LogP contribution is 2.46. The lowest BCUT2D eigenvalue weighted by molar-refractivity contribution is 0.315. The van der Waals surface area contributed by atoms with Crippen LogP contribution in [0.3, 0.4) is 0 Å². The van der Waals surface area contributed by atoms with Crippen LogP contribution in [-0.2, 0) is 0 Å². The Morgan fingerprint density at radius 3 is 2.88 bits per heavy atom. The van der Waals surface area contributed by atoms with Gasteiger partial charge in [-0.25, -0.2) is 9.47 Å². The van der Waals surface area contributed by atoms with Gasteiger partial charge in [0, 0.05) is 11.3 Å². The minimum Gasteiger partial charge on any atom is -0.354 e. The first-order valence-corrected chi connectivity index (χ1v) is 8.50. The summed E-state index contributed by atoms with van der Waals surface area (Å²) in [5, 5.41) is 18.7. The van der Waals surface area contributed by atoms with Gasteiger partial charge < -0.3 is 5.32 Å². The summed E-state index contributed by atoms with van der Waals surface area (Å²) in [5.41, 5.74) is 5.06. The van der Waals surface area contributed by atoms with E-state index in [2.05, 4.69) is 30.7 Å². The van der Waals surface area contributed by atoms with Gasteiger partial charge in [-0.05, 0) is 40.7 Å². The zero-order valence-electron chi connectivity index (χ0n) is 13.5. The van der Waals surface area contributed by atoms with E-state index < -0.39 is 0 Å².